The number of rotatable bonds is 6. The van der Waals surface area contributed by atoms with Crippen molar-refractivity contribution >= 4 is 35.6 Å². The van der Waals surface area contributed by atoms with Gasteiger partial charge in [-0.1, -0.05) is 0 Å². The van der Waals surface area contributed by atoms with Crippen molar-refractivity contribution in [1.29, 1.82) is 0 Å². The first-order chi connectivity index (χ1) is 11.3. The summed E-state index contributed by atoms with van der Waals surface area (Å²) < 4.78 is 0. The zero-order valence-electron chi connectivity index (χ0n) is 12.6. The van der Waals surface area contributed by atoms with Crippen LogP contribution in [0.15, 0.2) is 0 Å². The van der Waals surface area contributed by atoms with E-state index in [-0.39, 0.29) is 38.5 Å². The molecule has 4 amide bonds. The lowest BCUT2D eigenvalue weighted by Gasteiger charge is -2.16. The van der Waals surface area contributed by atoms with Crippen LogP contribution >= 0.6 is 0 Å². The highest BCUT2D eigenvalue weighted by Gasteiger charge is 2.35. The number of carbonyl (C=O) groups is 6. The maximum absolute atomic E-state index is 11.7. The molecule has 0 aliphatic carbocycles. The van der Waals surface area contributed by atoms with E-state index in [2.05, 4.69) is 9.68 Å². The Bertz CT molecular complexity index is 584. The van der Waals surface area contributed by atoms with E-state index < -0.39 is 41.6 Å². The van der Waals surface area contributed by atoms with Gasteiger partial charge in [-0.15, -0.1) is 10.1 Å². The topological polar surface area (TPSA) is 153 Å². The van der Waals surface area contributed by atoms with Gasteiger partial charge in [-0.2, -0.15) is 0 Å². The second-order valence-electron chi connectivity index (χ2n) is 5.18. The van der Waals surface area contributed by atoms with Crippen molar-refractivity contribution in [1.82, 2.24) is 10.1 Å². The molecular weight excluding hydrogens is 326 g/mol. The SMILES string of the molecule is NC(CCC(=O)ON1C(=O)CCC1=O)C(=O)ON1C(=O)CCC1=O. The predicted octanol–water partition coefficient (Wildman–Crippen LogP) is -1.69. The van der Waals surface area contributed by atoms with Gasteiger partial charge in [0.15, 0.2) is 0 Å². The number of nitrogens with zero attached hydrogens (tertiary/aromatic N) is 2. The smallest absolute Gasteiger partial charge is 0.330 e. The van der Waals surface area contributed by atoms with Crippen molar-refractivity contribution < 1.29 is 38.4 Å². The standard InChI is InChI=1S/C13H15N3O8/c14-7(13(22)24-16-10(19)4-5-11(16)20)1-6-12(21)23-15-8(17)2-3-9(15)18/h7H,1-6,14H2. The van der Waals surface area contributed by atoms with Gasteiger partial charge in [0.05, 0.1) is 6.42 Å². The monoisotopic (exact) mass is 341 g/mol. The van der Waals surface area contributed by atoms with Gasteiger partial charge in [-0.25, -0.2) is 9.59 Å². The summed E-state index contributed by atoms with van der Waals surface area (Å²) in [6.45, 7) is 0. The Balaban J connectivity index is 1.76. The zero-order chi connectivity index (χ0) is 17.9. The highest BCUT2D eigenvalue weighted by Crippen LogP contribution is 2.15. The molecule has 1 unspecified atom stereocenters. The van der Waals surface area contributed by atoms with Crippen LogP contribution in [0.3, 0.4) is 0 Å². The lowest BCUT2D eigenvalue weighted by molar-refractivity contribution is -0.200. The van der Waals surface area contributed by atoms with Crippen LogP contribution in [-0.4, -0.2) is 51.7 Å². The Morgan fingerprint density at radius 3 is 1.75 bits per heavy atom. The van der Waals surface area contributed by atoms with E-state index in [1.54, 1.807) is 0 Å². The fourth-order valence-corrected chi connectivity index (χ4v) is 2.01. The maximum atomic E-state index is 11.7. The van der Waals surface area contributed by atoms with Crippen molar-refractivity contribution in [3.8, 4) is 0 Å². The summed E-state index contributed by atoms with van der Waals surface area (Å²) in [6.07, 6.45) is -0.748. The molecule has 2 aliphatic heterocycles. The average molecular weight is 341 g/mol. The first-order valence-electron chi connectivity index (χ1n) is 7.19. The Kier molecular flexibility index (Phi) is 5.24. The van der Waals surface area contributed by atoms with E-state index in [4.69, 9.17) is 5.73 Å². The minimum absolute atomic E-state index is 0.0319. The number of amides is 4. The maximum Gasteiger partial charge on any atom is 0.349 e. The summed E-state index contributed by atoms with van der Waals surface area (Å²) in [7, 11) is 0. The molecule has 0 aromatic heterocycles. The molecule has 2 rings (SSSR count). The largest absolute Gasteiger partial charge is 0.349 e. The molecule has 2 aliphatic rings. The summed E-state index contributed by atoms with van der Waals surface area (Å²) in [5.41, 5.74) is 5.52. The van der Waals surface area contributed by atoms with Gasteiger partial charge in [0, 0.05) is 25.7 Å². The number of hydrogen-bond donors (Lipinski definition) is 1. The summed E-state index contributed by atoms with van der Waals surface area (Å²) >= 11 is 0. The molecule has 11 heteroatoms. The molecule has 0 aromatic rings. The Hall–Kier alpha value is -2.82. The molecular formula is C13H15N3O8. The van der Waals surface area contributed by atoms with Crippen LogP contribution in [0.25, 0.3) is 0 Å². The number of imide groups is 2. The molecule has 2 heterocycles. The second-order valence-corrected chi connectivity index (χ2v) is 5.18. The van der Waals surface area contributed by atoms with Crippen molar-refractivity contribution in [2.75, 3.05) is 0 Å². The highest BCUT2D eigenvalue weighted by molar-refractivity contribution is 6.02. The molecule has 11 nitrogen and oxygen atoms in total. The fourth-order valence-electron chi connectivity index (χ4n) is 2.01. The van der Waals surface area contributed by atoms with E-state index in [1.807, 2.05) is 0 Å². The van der Waals surface area contributed by atoms with Crippen LogP contribution in [0.1, 0.15) is 38.5 Å². The fraction of sp³-hybridized carbons (Fsp3) is 0.538. The van der Waals surface area contributed by atoms with E-state index >= 15 is 0 Å². The third-order valence-corrected chi connectivity index (χ3v) is 3.35. The van der Waals surface area contributed by atoms with E-state index in [9.17, 15) is 28.8 Å². The molecule has 24 heavy (non-hydrogen) atoms. The lowest BCUT2D eigenvalue weighted by atomic mass is 10.2. The number of hydroxylamine groups is 4. The number of hydrogen-bond acceptors (Lipinski definition) is 9. The normalized spacial score (nSPS) is 19.0. The third kappa shape index (κ3) is 3.93. The van der Waals surface area contributed by atoms with Crippen LogP contribution in [-0.2, 0) is 38.4 Å². The van der Waals surface area contributed by atoms with Crippen LogP contribution < -0.4 is 5.73 Å². The molecule has 2 N–H and O–H groups in total. The second kappa shape index (κ2) is 7.17. The first kappa shape index (κ1) is 17.5. The van der Waals surface area contributed by atoms with E-state index in [0.717, 1.165) is 0 Å². The number of carbonyl (C=O) groups excluding carboxylic acids is 6. The van der Waals surface area contributed by atoms with Crippen LogP contribution in [0.5, 0.6) is 0 Å². The van der Waals surface area contributed by atoms with Gasteiger partial charge in [0.25, 0.3) is 23.6 Å². The van der Waals surface area contributed by atoms with Crippen molar-refractivity contribution in [2.45, 2.75) is 44.6 Å². The van der Waals surface area contributed by atoms with E-state index in [1.165, 1.54) is 0 Å². The first-order valence-corrected chi connectivity index (χ1v) is 7.19. The van der Waals surface area contributed by atoms with Gasteiger partial charge >= 0.3 is 11.9 Å². The van der Waals surface area contributed by atoms with Crippen molar-refractivity contribution in [2.24, 2.45) is 5.73 Å². The van der Waals surface area contributed by atoms with Gasteiger partial charge in [-0.3, -0.25) is 19.2 Å². The highest BCUT2D eigenvalue weighted by atomic mass is 16.7. The summed E-state index contributed by atoms with van der Waals surface area (Å²) in [6, 6.07) is -1.29. The molecule has 130 valence electrons. The molecule has 0 saturated carbocycles. The minimum atomic E-state index is -1.29. The Labute approximate surface area is 135 Å². The Morgan fingerprint density at radius 1 is 0.875 bits per heavy atom. The van der Waals surface area contributed by atoms with Gasteiger partial charge < -0.3 is 15.4 Å². The van der Waals surface area contributed by atoms with Gasteiger partial charge in [0.2, 0.25) is 0 Å². The summed E-state index contributed by atoms with van der Waals surface area (Å²) in [4.78, 5) is 77.6. The average Bonchev–Trinajstić information content (AvgIpc) is 3.02. The van der Waals surface area contributed by atoms with Crippen LogP contribution in [0.4, 0.5) is 0 Å². The van der Waals surface area contributed by atoms with Crippen LogP contribution in [0.2, 0.25) is 0 Å². The predicted molar refractivity (Wildman–Crippen MR) is 71.6 cm³/mol. The van der Waals surface area contributed by atoms with E-state index in [0.29, 0.717) is 10.1 Å². The molecule has 0 aromatic carbocycles. The quantitative estimate of drug-likeness (QED) is 0.557. The van der Waals surface area contributed by atoms with Gasteiger partial charge in [-0.05, 0) is 6.42 Å². The van der Waals surface area contributed by atoms with Crippen molar-refractivity contribution in [3.63, 3.8) is 0 Å². The Morgan fingerprint density at radius 2 is 1.29 bits per heavy atom. The molecule has 0 bridgehead atoms. The molecule has 2 saturated heterocycles. The molecule has 1 atom stereocenters. The third-order valence-electron chi connectivity index (χ3n) is 3.35. The molecule has 2 fully saturated rings. The lowest BCUT2D eigenvalue weighted by Crippen LogP contribution is -2.40. The molecule has 0 radical (unpaired) electrons. The summed E-state index contributed by atoms with van der Waals surface area (Å²) in [5.74, 6) is -4.52. The minimum Gasteiger partial charge on any atom is -0.330 e. The van der Waals surface area contributed by atoms with Gasteiger partial charge in [0.1, 0.15) is 6.04 Å². The van der Waals surface area contributed by atoms with Crippen molar-refractivity contribution in [3.05, 3.63) is 0 Å². The molecule has 0 spiro atoms. The number of nitrogens with two attached hydrogens (primary N) is 1. The zero-order valence-corrected chi connectivity index (χ0v) is 12.6. The van der Waals surface area contributed by atoms with Crippen LogP contribution in [0, 0.1) is 0 Å². The summed E-state index contributed by atoms with van der Waals surface area (Å²) in [5, 5.41) is 0.732.